The normalized spacial score (nSPS) is 14.6. The van der Waals surface area contributed by atoms with Crippen LogP contribution in [0.4, 0.5) is 0 Å². The van der Waals surface area contributed by atoms with Gasteiger partial charge in [0.25, 0.3) is 0 Å². The zero-order valence-corrected chi connectivity index (χ0v) is 5.04. The maximum absolute atomic E-state index is 8.58. The maximum atomic E-state index is 8.58. The van der Waals surface area contributed by atoms with Crippen LogP contribution in [0.3, 0.4) is 0 Å². The average molecular weight is 141 g/mol. The summed E-state index contributed by atoms with van der Waals surface area (Å²) in [5.41, 5.74) is 0. The lowest BCUT2D eigenvalue weighted by molar-refractivity contribution is -0.0662. The molecule has 0 amide bonds. The third-order valence-corrected chi connectivity index (χ3v) is 1.02. The minimum absolute atomic E-state index is 0.0393. The molecule has 0 aromatic heterocycles. The van der Waals surface area contributed by atoms with Gasteiger partial charge in [-0.2, -0.15) is 0 Å². The minimum atomic E-state index is -1.45. The van der Waals surface area contributed by atoms with Gasteiger partial charge in [0.2, 0.25) is 0 Å². The highest BCUT2D eigenvalue weighted by Gasteiger charge is 2.05. The molecule has 1 atom stereocenters. The summed E-state index contributed by atoms with van der Waals surface area (Å²) in [4.78, 5) is 0. The van der Waals surface area contributed by atoms with Crippen molar-refractivity contribution in [2.45, 2.75) is 18.8 Å². The van der Waals surface area contributed by atoms with Crippen LogP contribution in [-0.4, -0.2) is 33.6 Å². The van der Waals surface area contributed by atoms with Crippen LogP contribution < -0.4 is 0 Å². The van der Waals surface area contributed by atoms with Crippen LogP contribution in [-0.2, 0) is 0 Å². The molecule has 0 spiro atoms. The molecule has 1 unspecified atom stereocenters. The number of hydrogen-bond donors (Lipinski definition) is 3. The summed E-state index contributed by atoms with van der Waals surface area (Å²) in [5.74, 6) is 0.0393. The van der Waals surface area contributed by atoms with E-state index in [0.29, 0.717) is 0 Å². The fraction of sp³-hybridized carbons (Fsp3) is 1.00. The SMILES string of the molecule is OC(O)CC(O)CCl. The molecule has 3 N–H and O–H groups in total. The first-order chi connectivity index (χ1) is 3.66. The molecule has 0 aliphatic heterocycles. The monoisotopic (exact) mass is 140 g/mol. The van der Waals surface area contributed by atoms with E-state index in [1.165, 1.54) is 0 Å². The Labute approximate surface area is 52.5 Å². The summed E-state index contributed by atoms with van der Waals surface area (Å²) < 4.78 is 0. The van der Waals surface area contributed by atoms with Crippen LogP contribution >= 0.6 is 11.6 Å². The Morgan fingerprint density at radius 2 is 1.75 bits per heavy atom. The number of halogens is 1. The number of hydrogen-bond acceptors (Lipinski definition) is 3. The molecule has 8 heavy (non-hydrogen) atoms. The Kier molecular flexibility index (Phi) is 4.18. The zero-order chi connectivity index (χ0) is 6.57. The average Bonchev–Trinajstić information content (AvgIpc) is 1.65. The third kappa shape index (κ3) is 4.33. The fourth-order valence-corrected chi connectivity index (χ4v) is 0.432. The predicted molar refractivity (Wildman–Crippen MR) is 29.6 cm³/mol. The van der Waals surface area contributed by atoms with E-state index in [9.17, 15) is 0 Å². The summed E-state index contributed by atoms with van der Waals surface area (Å²) in [6.45, 7) is 0. The topological polar surface area (TPSA) is 60.7 Å². The van der Waals surface area contributed by atoms with Crippen LogP contribution in [0.5, 0.6) is 0 Å². The second-order valence-corrected chi connectivity index (χ2v) is 1.83. The molecular weight excluding hydrogens is 131 g/mol. The highest BCUT2D eigenvalue weighted by atomic mass is 35.5. The van der Waals surface area contributed by atoms with Gasteiger partial charge in [0.05, 0.1) is 6.10 Å². The van der Waals surface area contributed by atoms with Gasteiger partial charge in [-0.1, -0.05) is 0 Å². The van der Waals surface area contributed by atoms with Gasteiger partial charge in [-0.05, 0) is 0 Å². The number of alkyl halides is 1. The fourth-order valence-electron chi connectivity index (χ4n) is 0.306. The van der Waals surface area contributed by atoms with Crippen molar-refractivity contribution < 1.29 is 15.3 Å². The lowest BCUT2D eigenvalue weighted by Crippen LogP contribution is -2.17. The van der Waals surface area contributed by atoms with Crippen molar-refractivity contribution in [1.82, 2.24) is 0 Å². The first-order valence-electron chi connectivity index (χ1n) is 2.27. The van der Waals surface area contributed by atoms with Crippen molar-refractivity contribution in [1.29, 1.82) is 0 Å². The smallest absolute Gasteiger partial charge is 0.153 e. The molecule has 0 bridgehead atoms. The summed E-state index contributed by atoms with van der Waals surface area (Å²) in [6, 6.07) is 0. The highest BCUT2D eigenvalue weighted by molar-refractivity contribution is 6.18. The van der Waals surface area contributed by atoms with Gasteiger partial charge in [-0.3, -0.25) is 0 Å². The van der Waals surface area contributed by atoms with Crippen LogP contribution in [0.2, 0.25) is 0 Å². The molecule has 0 radical (unpaired) electrons. The molecule has 0 saturated heterocycles. The van der Waals surface area contributed by atoms with Gasteiger partial charge >= 0.3 is 0 Å². The van der Waals surface area contributed by atoms with Gasteiger partial charge in [0.1, 0.15) is 0 Å². The summed E-state index contributed by atoms with van der Waals surface area (Å²) in [6.07, 6.45) is -2.34. The van der Waals surface area contributed by atoms with E-state index in [2.05, 4.69) is 0 Å². The van der Waals surface area contributed by atoms with E-state index < -0.39 is 12.4 Å². The predicted octanol–water partition coefficient (Wildman–Crippen LogP) is -0.713. The van der Waals surface area contributed by atoms with Crippen LogP contribution in [0.15, 0.2) is 0 Å². The van der Waals surface area contributed by atoms with Gasteiger partial charge in [-0.25, -0.2) is 0 Å². The first kappa shape index (κ1) is 8.17. The highest BCUT2D eigenvalue weighted by Crippen LogP contribution is 1.96. The number of aliphatic hydroxyl groups is 3. The Balaban J connectivity index is 3.10. The quantitative estimate of drug-likeness (QED) is 0.359. The molecule has 4 heteroatoms. The van der Waals surface area contributed by atoms with Gasteiger partial charge < -0.3 is 15.3 Å². The zero-order valence-electron chi connectivity index (χ0n) is 4.29. The minimum Gasteiger partial charge on any atom is -0.392 e. The Bertz CT molecular complexity index is 57.2. The standard InChI is InChI=1S/C4H9ClO3/c5-2-3(6)1-4(7)8/h3-4,6-8H,1-2H2. The van der Waals surface area contributed by atoms with Crippen LogP contribution in [0.1, 0.15) is 6.42 Å². The molecule has 0 rings (SSSR count). The number of aliphatic hydroxyl groups excluding tert-OH is 2. The van der Waals surface area contributed by atoms with Crippen molar-refractivity contribution in [2.24, 2.45) is 0 Å². The van der Waals surface area contributed by atoms with Gasteiger partial charge in [-0.15, -0.1) is 11.6 Å². The van der Waals surface area contributed by atoms with Crippen LogP contribution in [0.25, 0.3) is 0 Å². The van der Waals surface area contributed by atoms with Gasteiger partial charge in [0.15, 0.2) is 6.29 Å². The molecule has 0 heterocycles. The maximum Gasteiger partial charge on any atom is 0.153 e. The molecule has 0 aliphatic carbocycles. The van der Waals surface area contributed by atoms with Crippen molar-refractivity contribution in [2.75, 3.05) is 5.88 Å². The van der Waals surface area contributed by atoms with E-state index in [1.807, 2.05) is 0 Å². The van der Waals surface area contributed by atoms with E-state index in [-0.39, 0.29) is 12.3 Å². The molecule has 0 aliphatic rings. The van der Waals surface area contributed by atoms with Crippen molar-refractivity contribution in [3.8, 4) is 0 Å². The molecule has 0 saturated carbocycles. The lowest BCUT2D eigenvalue weighted by atomic mass is 10.3. The molecular formula is C4H9ClO3. The summed E-state index contributed by atoms with van der Waals surface area (Å²) in [5, 5.41) is 25.0. The Morgan fingerprint density at radius 3 is 1.88 bits per heavy atom. The second kappa shape index (κ2) is 4.09. The molecule has 0 aromatic rings. The van der Waals surface area contributed by atoms with Crippen molar-refractivity contribution in [3.63, 3.8) is 0 Å². The van der Waals surface area contributed by atoms with E-state index in [4.69, 9.17) is 26.9 Å². The summed E-state index contributed by atoms with van der Waals surface area (Å²) >= 11 is 5.12. The molecule has 50 valence electrons. The third-order valence-electron chi connectivity index (χ3n) is 0.661. The summed E-state index contributed by atoms with van der Waals surface area (Å²) in [7, 11) is 0. The lowest BCUT2D eigenvalue weighted by Gasteiger charge is -2.06. The molecule has 0 aromatic carbocycles. The van der Waals surface area contributed by atoms with E-state index in [1.54, 1.807) is 0 Å². The van der Waals surface area contributed by atoms with E-state index in [0.717, 1.165) is 0 Å². The van der Waals surface area contributed by atoms with Crippen molar-refractivity contribution in [3.05, 3.63) is 0 Å². The second-order valence-electron chi connectivity index (χ2n) is 1.52. The molecule has 3 nitrogen and oxygen atoms in total. The van der Waals surface area contributed by atoms with Crippen molar-refractivity contribution >= 4 is 11.6 Å². The number of rotatable bonds is 3. The van der Waals surface area contributed by atoms with Gasteiger partial charge in [0, 0.05) is 12.3 Å². The van der Waals surface area contributed by atoms with Crippen LogP contribution in [0, 0.1) is 0 Å². The van der Waals surface area contributed by atoms with E-state index >= 15 is 0 Å². The first-order valence-corrected chi connectivity index (χ1v) is 2.80. The Hall–Kier alpha value is 0.170. The Morgan fingerprint density at radius 1 is 1.25 bits per heavy atom. The molecule has 0 fully saturated rings. The largest absolute Gasteiger partial charge is 0.392 e.